The molecule has 0 aliphatic rings. The van der Waals surface area contributed by atoms with Crippen LogP contribution < -0.4 is 5.43 Å². The Balaban J connectivity index is 2.46. The van der Waals surface area contributed by atoms with Gasteiger partial charge < -0.3 is 9.30 Å². The molecule has 134 valence electrons. The van der Waals surface area contributed by atoms with E-state index in [2.05, 4.69) is 0 Å². The largest absolute Gasteiger partial charge is 0.462 e. The van der Waals surface area contributed by atoms with Crippen LogP contribution in [-0.2, 0) is 4.74 Å². The van der Waals surface area contributed by atoms with Crippen LogP contribution in [0.25, 0.3) is 16.6 Å². The minimum atomic E-state index is -1.77. The number of ether oxygens (including phenoxy) is 1. The van der Waals surface area contributed by atoms with Crippen LogP contribution in [0.2, 0.25) is 0 Å². The molecule has 8 heteroatoms. The average molecular weight is 365 g/mol. The fourth-order valence-corrected chi connectivity index (χ4v) is 2.55. The first-order valence-corrected chi connectivity index (χ1v) is 7.51. The first kappa shape index (κ1) is 17.7. The van der Waals surface area contributed by atoms with E-state index in [0.29, 0.717) is 6.07 Å². The quantitative estimate of drug-likeness (QED) is 0.404. The van der Waals surface area contributed by atoms with E-state index in [-0.39, 0.29) is 12.3 Å². The predicted octanol–water partition coefficient (Wildman–Crippen LogP) is 3.72. The van der Waals surface area contributed by atoms with Gasteiger partial charge in [-0.1, -0.05) is 0 Å². The maximum Gasteiger partial charge on any atom is 0.343 e. The molecule has 0 atom stereocenters. The zero-order valence-corrected chi connectivity index (χ0v) is 13.4. The maximum atomic E-state index is 14.4. The third-order valence-corrected chi connectivity index (χ3v) is 3.72. The molecule has 1 aromatic heterocycles. The van der Waals surface area contributed by atoms with Gasteiger partial charge in [-0.05, 0) is 37.3 Å². The summed E-state index contributed by atoms with van der Waals surface area (Å²) in [5.74, 6) is -6.52. The van der Waals surface area contributed by atoms with Crippen molar-refractivity contribution in [2.75, 3.05) is 6.61 Å². The number of esters is 1. The standard InChI is InChI=1S/C18H11F4NO3/c1-2-26-18(25)12-8-23(10-5-3-9(19)4-6-10)16-11(17(12)24)7-13(20)14(21)15(16)22/h3-8H,2H2,1H3. The fourth-order valence-electron chi connectivity index (χ4n) is 2.55. The van der Waals surface area contributed by atoms with Gasteiger partial charge in [0.1, 0.15) is 11.4 Å². The van der Waals surface area contributed by atoms with Gasteiger partial charge in [0.2, 0.25) is 5.43 Å². The summed E-state index contributed by atoms with van der Waals surface area (Å²) >= 11 is 0. The number of hydrogen-bond donors (Lipinski definition) is 0. The van der Waals surface area contributed by atoms with Gasteiger partial charge in [-0.2, -0.15) is 0 Å². The van der Waals surface area contributed by atoms with Crippen molar-refractivity contribution in [1.29, 1.82) is 0 Å². The Labute approximate surface area is 144 Å². The highest BCUT2D eigenvalue weighted by Gasteiger charge is 2.23. The molecule has 0 radical (unpaired) electrons. The number of halogens is 4. The Bertz CT molecular complexity index is 1070. The number of fused-ring (bicyclic) bond motifs is 1. The van der Waals surface area contributed by atoms with Crippen molar-refractivity contribution in [3.05, 3.63) is 75.6 Å². The van der Waals surface area contributed by atoms with Crippen molar-refractivity contribution < 1.29 is 27.1 Å². The first-order chi connectivity index (χ1) is 12.3. The normalized spacial score (nSPS) is 11.0. The molecule has 2 aromatic carbocycles. The van der Waals surface area contributed by atoms with E-state index in [1.807, 2.05) is 0 Å². The number of aromatic nitrogens is 1. The number of carbonyl (C=O) groups is 1. The summed E-state index contributed by atoms with van der Waals surface area (Å²) in [6.45, 7) is 1.49. The Morgan fingerprint density at radius 2 is 1.73 bits per heavy atom. The van der Waals surface area contributed by atoms with Gasteiger partial charge >= 0.3 is 5.97 Å². The van der Waals surface area contributed by atoms with E-state index < -0.39 is 51.1 Å². The number of hydrogen-bond acceptors (Lipinski definition) is 3. The van der Waals surface area contributed by atoms with Gasteiger partial charge in [0.25, 0.3) is 0 Å². The summed E-state index contributed by atoms with van der Waals surface area (Å²) in [5.41, 5.74) is -1.94. The lowest BCUT2D eigenvalue weighted by Gasteiger charge is -2.14. The van der Waals surface area contributed by atoms with Crippen molar-refractivity contribution in [3.8, 4) is 5.69 Å². The maximum absolute atomic E-state index is 14.4. The van der Waals surface area contributed by atoms with E-state index in [1.165, 1.54) is 19.1 Å². The van der Waals surface area contributed by atoms with Crippen LogP contribution in [0.3, 0.4) is 0 Å². The summed E-state index contributed by atoms with van der Waals surface area (Å²) in [4.78, 5) is 24.5. The number of rotatable bonds is 3. The first-order valence-electron chi connectivity index (χ1n) is 7.51. The summed E-state index contributed by atoms with van der Waals surface area (Å²) in [6, 6.07) is 5.09. The molecule has 4 nitrogen and oxygen atoms in total. The predicted molar refractivity (Wildman–Crippen MR) is 85.3 cm³/mol. The Morgan fingerprint density at radius 3 is 2.35 bits per heavy atom. The fraction of sp³-hybridized carbons (Fsp3) is 0.111. The van der Waals surface area contributed by atoms with Crippen molar-refractivity contribution in [1.82, 2.24) is 4.57 Å². The van der Waals surface area contributed by atoms with E-state index in [0.717, 1.165) is 22.9 Å². The Morgan fingerprint density at radius 1 is 1.08 bits per heavy atom. The molecule has 0 fully saturated rings. The molecule has 0 aliphatic carbocycles. The van der Waals surface area contributed by atoms with E-state index in [4.69, 9.17) is 4.74 Å². The van der Waals surface area contributed by atoms with Crippen LogP contribution >= 0.6 is 0 Å². The van der Waals surface area contributed by atoms with E-state index in [1.54, 1.807) is 0 Å². The molecule has 1 heterocycles. The number of nitrogens with zero attached hydrogens (tertiary/aromatic N) is 1. The van der Waals surface area contributed by atoms with Gasteiger partial charge in [-0.25, -0.2) is 22.4 Å². The Kier molecular flexibility index (Phi) is 4.50. The highest BCUT2D eigenvalue weighted by molar-refractivity contribution is 5.94. The summed E-state index contributed by atoms with van der Waals surface area (Å²) in [5, 5.41) is -0.545. The second-order valence-corrected chi connectivity index (χ2v) is 5.32. The van der Waals surface area contributed by atoms with Crippen LogP contribution in [0.15, 0.2) is 41.3 Å². The van der Waals surface area contributed by atoms with Crippen LogP contribution in [0.5, 0.6) is 0 Å². The lowest BCUT2D eigenvalue weighted by atomic mass is 10.1. The molecule has 0 aliphatic heterocycles. The zero-order chi connectivity index (χ0) is 19.0. The molecule has 0 unspecified atom stereocenters. The molecular weight excluding hydrogens is 354 g/mol. The van der Waals surface area contributed by atoms with Crippen molar-refractivity contribution >= 4 is 16.9 Å². The summed E-state index contributed by atoms with van der Waals surface area (Å²) in [6.07, 6.45) is 0.955. The molecular formula is C18H11F4NO3. The highest BCUT2D eigenvalue weighted by Crippen LogP contribution is 2.25. The minimum absolute atomic E-state index is 0.0288. The molecule has 0 N–H and O–H groups in total. The molecule has 0 bridgehead atoms. The average Bonchev–Trinajstić information content (AvgIpc) is 2.61. The summed E-state index contributed by atoms with van der Waals surface area (Å²) in [7, 11) is 0. The molecule has 0 spiro atoms. The van der Waals surface area contributed by atoms with Crippen molar-refractivity contribution in [3.63, 3.8) is 0 Å². The lowest BCUT2D eigenvalue weighted by molar-refractivity contribution is 0.0524. The molecule has 3 aromatic rings. The molecule has 0 amide bonds. The number of pyridine rings is 1. The molecule has 26 heavy (non-hydrogen) atoms. The van der Waals surface area contributed by atoms with E-state index in [9.17, 15) is 27.2 Å². The lowest BCUT2D eigenvalue weighted by Crippen LogP contribution is -2.21. The third kappa shape index (κ3) is 2.83. The van der Waals surface area contributed by atoms with Crippen molar-refractivity contribution in [2.45, 2.75) is 6.92 Å². The van der Waals surface area contributed by atoms with E-state index >= 15 is 0 Å². The second kappa shape index (κ2) is 6.62. The van der Waals surface area contributed by atoms with Crippen LogP contribution in [0, 0.1) is 23.3 Å². The van der Waals surface area contributed by atoms with Gasteiger partial charge in [-0.3, -0.25) is 4.79 Å². The van der Waals surface area contributed by atoms with Crippen LogP contribution in [0.1, 0.15) is 17.3 Å². The number of benzene rings is 2. The second-order valence-electron chi connectivity index (χ2n) is 5.32. The number of carbonyl (C=O) groups excluding carboxylic acids is 1. The monoisotopic (exact) mass is 365 g/mol. The van der Waals surface area contributed by atoms with Gasteiger partial charge in [0.15, 0.2) is 17.5 Å². The smallest absolute Gasteiger partial charge is 0.343 e. The van der Waals surface area contributed by atoms with Gasteiger partial charge in [0.05, 0.1) is 17.5 Å². The van der Waals surface area contributed by atoms with Crippen LogP contribution in [0.4, 0.5) is 17.6 Å². The Hall–Kier alpha value is -3.16. The van der Waals surface area contributed by atoms with Crippen LogP contribution in [-0.4, -0.2) is 17.1 Å². The highest BCUT2D eigenvalue weighted by atomic mass is 19.2. The van der Waals surface area contributed by atoms with Gasteiger partial charge in [-0.15, -0.1) is 0 Å². The zero-order valence-electron chi connectivity index (χ0n) is 13.4. The molecule has 0 saturated carbocycles. The van der Waals surface area contributed by atoms with Gasteiger partial charge in [0, 0.05) is 11.9 Å². The SMILES string of the molecule is CCOC(=O)c1cn(-c2ccc(F)cc2)c2c(F)c(F)c(F)cc2c1=O. The topological polar surface area (TPSA) is 48.3 Å². The molecule has 3 rings (SSSR count). The minimum Gasteiger partial charge on any atom is -0.462 e. The third-order valence-electron chi connectivity index (χ3n) is 3.72. The molecule has 0 saturated heterocycles. The van der Waals surface area contributed by atoms with Crippen molar-refractivity contribution in [2.24, 2.45) is 0 Å². The summed E-state index contributed by atoms with van der Waals surface area (Å²) < 4.78 is 60.6.